The maximum atomic E-state index is 11.6. The number of ether oxygens (including phenoxy) is 1. The zero-order valence-corrected chi connectivity index (χ0v) is 12.3. The Morgan fingerprint density at radius 2 is 2.29 bits per heavy atom. The van der Waals surface area contributed by atoms with Crippen molar-refractivity contribution in [2.24, 2.45) is 0 Å². The fourth-order valence-corrected chi connectivity index (χ4v) is 2.21. The summed E-state index contributed by atoms with van der Waals surface area (Å²) >= 11 is 1.55. The first-order valence-electron chi connectivity index (χ1n) is 6.37. The third-order valence-corrected chi connectivity index (χ3v) is 3.38. The van der Waals surface area contributed by atoms with Crippen LogP contribution in [0.5, 0.6) is 0 Å². The second-order valence-electron chi connectivity index (χ2n) is 4.20. The molecule has 1 amide bonds. The van der Waals surface area contributed by atoms with E-state index in [1.54, 1.807) is 11.3 Å². The molecular weight excluding hydrogens is 294 g/mol. The van der Waals surface area contributed by atoms with Gasteiger partial charge in [-0.1, -0.05) is 5.16 Å². The van der Waals surface area contributed by atoms with Crippen molar-refractivity contribution >= 4 is 23.2 Å². The van der Waals surface area contributed by atoms with Crippen LogP contribution in [0.1, 0.15) is 18.7 Å². The molecule has 2 heterocycles. The normalized spacial score (nSPS) is 10.3. The molecule has 0 unspecified atom stereocenters. The first-order chi connectivity index (χ1) is 10.2. The molecule has 0 bridgehead atoms. The van der Waals surface area contributed by atoms with Crippen molar-refractivity contribution in [3.8, 4) is 11.4 Å². The average Bonchev–Trinajstić information content (AvgIpc) is 3.15. The van der Waals surface area contributed by atoms with Gasteiger partial charge in [0.2, 0.25) is 17.6 Å². The topological polar surface area (TPSA) is 94.3 Å². The van der Waals surface area contributed by atoms with E-state index in [1.165, 1.54) is 7.11 Å². The first kappa shape index (κ1) is 15.2. The molecule has 8 heteroatoms. The predicted molar refractivity (Wildman–Crippen MR) is 75.6 cm³/mol. The second kappa shape index (κ2) is 7.53. The lowest BCUT2D eigenvalue weighted by molar-refractivity contribution is -0.140. The number of hydrogen-bond acceptors (Lipinski definition) is 7. The fraction of sp³-hybridized carbons (Fsp3) is 0.385. The molecule has 0 aliphatic heterocycles. The minimum Gasteiger partial charge on any atom is -0.469 e. The molecule has 0 saturated carbocycles. The summed E-state index contributed by atoms with van der Waals surface area (Å²) in [7, 11) is 1.31. The molecule has 2 aromatic rings. The van der Waals surface area contributed by atoms with Gasteiger partial charge in [-0.05, 0) is 11.4 Å². The van der Waals surface area contributed by atoms with E-state index in [1.807, 2.05) is 16.8 Å². The third kappa shape index (κ3) is 4.67. The molecule has 0 atom stereocenters. The number of hydrogen-bond donors (Lipinski definition) is 1. The minimum absolute atomic E-state index is 0.158. The Morgan fingerprint density at radius 3 is 3.00 bits per heavy atom. The number of carbonyl (C=O) groups excluding carboxylic acids is 2. The quantitative estimate of drug-likeness (QED) is 0.777. The Labute approximate surface area is 125 Å². The molecule has 0 aliphatic carbocycles. The van der Waals surface area contributed by atoms with E-state index < -0.39 is 0 Å². The summed E-state index contributed by atoms with van der Waals surface area (Å²) in [5, 5.41) is 10.3. The summed E-state index contributed by atoms with van der Waals surface area (Å²) in [5.74, 6) is 0.415. The summed E-state index contributed by atoms with van der Waals surface area (Å²) in [5.41, 5.74) is 0.900. The van der Waals surface area contributed by atoms with E-state index in [0.29, 0.717) is 18.1 Å². The number of aryl methyl sites for hydroxylation is 1. The zero-order chi connectivity index (χ0) is 15.1. The molecule has 21 heavy (non-hydrogen) atoms. The Kier molecular flexibility index (Phi) is 5.44. The van der Waals surface area contributed by atoms with E-state index in [9.17, 15) is 9.59 Å². The van der Waals surface area contributed by atoms with Gasteiger partial charge in [-0.15, -0.1) is 0 Å². The van der Waals surface area contributed by atoms with Crippen LogP contribution in [0.25, 0.3) is 11.4 Å². The van der Waals surface area contributed by atoms with E-state index in [2.05, 4.69) is 20.2 Å². The van der Waals surface area contributed by atoms with Crippen molar-refractivity contribution < 1.29 is 18.8 Å². The van der Waals surface area contributed by atoms with Crippen molar-refractivity contribution in [1.82, 2.24) is 15.5 Å². The van der Waals surface area contributed by atoms with Gasteiger partial charge in [0, 0.05) is 30.3 Å². The fourth-order valence-electron chi connectivity index (χ4n) is 1.58. The third-order valence-electron chi connectivity index (χ3n) is 2.69. The highest BCUT2D eigenvalue weighted by Gasteiger charge is 2.11. The molecule has 112 valence electrons. The number of nitrogens with one attached hydrogen (secondary N) is 1. The predicted octanol–water partition coefficient (Wildman–Crippen LogP) is 1.41. The van der Waals surface area contributed by atoms with E-state index in [4.69, 9.17) is 4.52 Å². The van der Waals surface area contributed by atoms with E-state index >= 15 is 0 Å². The molecule has 2 rings (SSSR count). The lowest BCUT2D eigenvalue weighted by atomic mass is 10.3. The number of aromatic nitrogens is 2. The number of nitrogens with zero attached hydrogens (tertiary/aromatic N) is 2. The van der Waals surface area contributed by atoms with Crippen LogP contribution < -0.4 is 5.32 Å². The van der Waals surface area contributed by atoms with Crippen LogP contribution in [-0.4, -0.2) is 35.7 Å². The zero-order valence-electron chi connectivity index (χ0n) is 11.5. The second-order valence-corrected chi connectivity index (χ2v) is 4.98. The number of carbonyl (C=O) groups is 2. The van der Waals surface area contributed by atoms with Crippen molar-refractivity contribution in [2.75, 3.05) is 13.7 Å². The smallest absolute Gasteiger partial charge is 0.307 e. The Hall–Kier alpha value is -2.22. The number of amides is 1. The number of thiophene rings is 1. The summed E-state index contributed by atoms with van der Waals surface area (Å²) in [4.78, 5) is 26.7. The number of esters is 1. The van der Waals surface area contributed by atoms with E-state index in [0.717, 1.165) is 5.56 Å². The van der Waals surface area contributed by atoms with Gasteiger partial charge in [-0.25, -0.2) is 0 Å². The summed E-state index contributed by atoms with van der Waals surface area (Å²) in [6.45, 7) is 0.259. The molecule has 0 aliphatic rings. The van der Waals surface area contributed by atoms with Crippen molar-refractivity contribution in [3.63, 3.8) is 0 Å². The van der Waals surface area contributed by atoms with Crippen LogP contribution in [0, 0.1) is 0 Å². The highest BCUT2D eigenvalue weighted by molar-refractivity contribution is 7.08. The monoisotopic (exact) mass is 309 g/mol. The van der Waals surface area contributed by atoms with Gasteiger partial charge in [0.15, 0.2) is 0 Å². The molecule has 0 saturated heterocycles. The largest absolute Gasteiger partial charge is 0.469 e. The van der Waals surface area contributed by atoms with Crippen LogP contribution in [0.2, 0.25) is 0 Å². The van der Waals surface area contributed by atoms with Crippen LogP contribution >= 0.6 is 11.3 Å². The molecule has 0 radical (unpaired) electrons. The SMILES string of the molecule is COC(=O)CCNC(=O)CCc1nc(-c2ccsc2)no1. The Balaban J connectivity index is 1.73. The number of methoxy groups -OCH3 is 1. The Bertz CT molecular complexity index is 594. The maximum Gasteiger partial charge on any atom is 0.307 e. The van der Waals surface area contributed by atoms with Gasteiger partial charge >= 0.3 is 5.97 Å². The van der Waals surface area contributed by atoms with Gasteiger partial charge in [0.05, 0.1) is 13.5 Å². The van der Waals surface area contributed by atoms with Crippen molar-refractivity contribution in [2.45, 2.75) is 19.3 Å². The molecule has 7 nitrogen and oxygen atoms in total. The van der Waals surface area contributed by atoms with Gasteiger partial charge in [0.1, 0.15) is 0 Å². The van der Waals surface area contributed by atoms with Crippen LogP contribution in [-0.2, 0) is 20.7 Å². The molecule has 2 aromatic heterocycles. The highest BCUT2D eigenvalue weighted by atomic mass is 32.1. The summed E-state index contributed by atoms with van der Waals surface area (Å²) in [6.07, 6.45) is 0.749. The van der Waals surface area contributed by atoms with Crippen LogP contribution in [0.15, 0.2) is 21.3 Å². The molecular formula is C13H15N3O4S. The summed E-state index contributed by atoms with van der Waals surface area (Å²) < 4.78 is 9.57. The van der Waals surface area contributed by atoms with Crippen molar-refractivity contribution in [3.05, 3.63) is 22.7 Å². The standard InChI is InChI=1S/C13H15N3O4S/c1-19-12(18)4-6-14-10(17)2-3-11-15-13(16-20-11)9-5-7-21-8-9/h5,7-8H,2-4,6H2,1H3,(H,14,17). The van der Waals surface area contributed by atoms with E-state index in [-0.39, 0.29) is 31.3 Å². The van der Waals surface area contributed by atoms with Crippen molar-refractivity contribution in [1.29, 1.82) is 0 Å². The maximum absolute atomic E-state index is 11.6. The van der Waals surface area contributed by atoms with Gasteiger partial charge in [-0.2, -0.15) is 16.3 Å². The molecule has 0 aromatic carbocycles. The van der Waals surface area contributed by atoms with Gasteiger partial charge in [-0.3, -0.25) is 9.59 Å². The van der Waals surface area contributed by atoms with Crippen LogP contribution in [0.3, 0.4) is 0 Å². The van der Waals surface area contributed by atoms with Gasteiger partial charge < -0.3 is 14.6 Å². The molecule has 0 spiro atoms. The Morgan fingerprint density at radius 1 is 1.43 bits per heavy atom. The lowest BCUT2D eigenvalue weighted by Gasteiger charge is -2.02. The lowest BCUT2D eigenvalue weighted by Crippen LogP contribution is -2.26. The molecule has 1 N–H and O–H groups in total. The van der Waals surface area contributed by atoms with Gasteiger partial charge in [0.25, 0.3) is 0 Å². The minimum atomic E-state index is -0.354. The summed E-state index contributed by atoms with van der Waals surface area (Å²) in [6, 6.07) is 1.90. The number of rotatable bonds is 7. The average molecular weight is 309 g/mol. The first-order valence-corrected chi connectivity index (χ1v) is 7.32. The molecule has 0 fully saturated rings. The highest BCUT2D eigenvalue weighted by Crippen LogP contribution is 2.18. The van der Waals surface area contributed by atoms with Crippen LogP contribution in [0.4, 0.5) is 0 Å².